The molecule has 9 heteroatoms. The summed E-state index contributed by atoms with van der Waals surface area (Å²) in [5, 5.41) is 27.1. The first kappa shape index (κ1) is 39.3. The minimum Gasteiger partial charge on any atom is -0.481 e. The Hall–Kier alpha value is -1.71. The van der Waals surface area contributed by atoms with Crippen LogP contribution in [-0.4, -0.2) is 95.5 Å². The summed E-state index contributed by atoms with van der Waals surface area (Å²) in [6, 6.07) is 0. The average Bonchev–Trinajstić information content (AvgIpc) is 2.94. The summed E-state index contributed by atoms with van der Waals surface area (Å²) >= 11 is 0. The smallest absolute Gasteiger partial charge is 0.305 e. The zero-order valence-corrected chi connectivity index (χ0v) is 26.2. The SMILES string of the molecule is CCCCCCCCCCCOC(=O)CCCCN(CCCO)CCCN(CCCCC(=O)O)CCCCC(=O)O. The van der Waals surface area contributed by atoms with Crippen molar-refractivity contribution < 1.29 is 34.4 Å². The van der Waals surface area contributed by atoms with E-state index in [1.807, 2.05) is 0 Å². The number of rotatable bonds is 32. The minimum atomic E-state index is -0.774. The van der Waals surface area contributed by atoms with Gasteiger partial charge < -0.3 is 29.9 Å². The van der Waals surface area contributed by atoms with Crippen LogP contribution in [0.3, 0.4) is 0 Å². The van der Waals surface area contributed by atoms with Gasteiger partial charge >= 0.3 is 17.9 Å². The second kappa shape index (κ2) is 29.8. The third-order valence-electron chi connectivity index (χ3n) is 7.43. The van der Waals surface area contributed by atoms with Crippen molar-refractivity contribution in [2.24, 2.45) is 0 Å². The van der Waals surface area contributed by atoms with Gasteiger partial charge in [-0.05, 0) is 90.5 Å². The summed E-state index contributed by atoms with van der Waals surface area (Å²) in [4.78, 5) is 38.4. The fraction of sp³-hybridized carbons (Fsp3) is 0.906. The van der Waals surface area contributed by atoms with Gasteiger partial charge in [-0.25, -0.2) is 0 Å². The molecule has 0 saturated heterocycles. The first-order chi connectivity index (χ1) is 19.9. The highest BCUT2D eigenvalue weighted by molar-refractivity contribution is 5.69. The van der Waals surface area contributed by atoms with Crippen LogP contribution in [0, 0.1) is 0 Å². The molecule has 9 nitrogen and oxygen atoms in total. The highest BCUT2D eigenvalue weighted by Crippen LogP contribution is 2.10. The summed E-state index contributed by atoms with van der Waals surface area (Å²) in [6.07, 6.45) is 18.3. The fourth-order valence-corrected chi connectivity index (χ4v) is 4.98. The number of unbranched alkanes of at least 4 members (excludes halogenated alkanes) is 11. The van der Waals surface area contributed by atoms with Crippen molar-refractivity contribution in [1.29, 1.82) is 0 Å². The predicted octanol–water partition coefficient (Wildman–Crippen LogP) is 6.12. The molecule has 0 saturated carbocycles. The topological polar surface area (TPSA) is 128 Å². The standard InChI is InChI=1S/C32H62N2O7/c1-2-3-4-5-6-7-8-9-16-29-41-32(40)21-12-15-24-34(27-18-28-35)26-17-25-33(22-13-10-19-30(36)37)23-14-11-20-31(38)39/h35H,2-29H2,1H3,(H,36,37)(H,38,39). The fourth-order valence-electron chi connectivity index (χ4n) is 4.98. The highest BCUT2D eigenvalue weighted by Gasteiger charge is 2.10. The zero-order valence-electron chi connectivity index (χ0n) is 26.2. The maximum atomic E-state index is 12.1. The molecule has 0 fully saturated rings. The van der Waals surface area contributed by atoms with E-state index < -0.39 is 11.9 Å². The lowest BCUT2D eigenvalue weighted by atomic mass is 10.1. The molecule has 0 unspecified atom stereocenters. The molecule has 0 rings (SSSR count). The van der Waals surface area contributed by atoms with Gasteiger partial charge in [-0.15, -0.1) is 0 Å². The minimum absolute atomic E-state index is 0.104. The van der Waals surface area contributed by atoms with Crippen LogP contribution >= 0.6 is 0 Å². The van der Waals surface area contributed by atoms with Crippen molar-refractivity contribution in [1.82, 2.24) is 9.80 Å². The highest BCUT2D eigenvalue weighted by atomic mass is 16.5. The van der Waals surface area contributed by atoms with Crippen LogP contribution in [0.5, 0.6) is 0 Å². The number of hydrogen-bond acceptors (Lipinski definition) is 7. The molecule has 0 amide bonds. The van der Waals surface area contributed by atoms with Gasteiger partial charge in [0.25, 0.3) is 0 Å². The van der Waals surface area contributed by atoms with Gasteiger partial charge in [-0.1, -0.05) is 58.3 Å². The molecule has 0 radical (unpaired) electrons. The lowest BCUT2D eigenvalue weighted by Crippen LogP contribution is -2.33. The first-order valence-corrected chi connectivity index (χ1v) is 16.5. The van der Waals surface area contributed by atoms with Crippen molar-refractivity contribution in [3.63, 3.8) is 0 Å². The van der Waals surface area contributed by atoms with E-state index in [1.54, 1.807) is 0 Å². The van der Waals surface area contributed by atoms with Crippen LogP contribution in [0.2, 0.25) is 0 Å². The Morgan fingerprint density at radius 1 is 0.512 bits per heavy atom. The molecule has 41 heavy (non-hydrogen) atoms. The van der Waals surface area contributed by atoms with E-state index in [0.29, 0.717) is 25.9 Å². The number of carbonyl (C=O) groups is 3. The van der Waals surface area contributed by atoms with Gasteiger partial charge in [-0.3, -0.25) is 14.4 Å². The molecule has 0 spiro atoms. The van der Waals surface area contributed by atoms with Crippen LogP contribution in [0.1, 0.15) is 135 Å². The van der Waals surface area contributed by atoms with Gasteiger partial charge in [0.15, 0.2) is 0 Å². The number of carbonyl (C=O) groups excluding carboxylic acids is 1. The van der Waals surface area contributed by atoms with Crippen LogP contribution in [0.4, 0.5) is 0 Å². The largest absolute Gasteiger partial charge is 0.481 e. The van der Waals surface area contributed by atoms with Crippen LogP contribution in [0.25, 0.3) is 0 Å². The molecule has 242 valence electrons. The molecule has 0 aliphatic heterocycles. The van der Waals surface area contributed by atoms with Crippen molar-refractivity contribution in [2.45, 2.75) is 135 Å². The van der Waals surface area contributed by atoms with Crippen LogP contribution in [0.15, 0.2) is 0 Å². The summed E-state index contributed by atoms with van der Waals surface area (Å²) in [5.74, 6) is -1.65. The molecule has 0 aliphatic carbocycles. The average molecular weight is 587 g/mol. The molecule has 0 atom stereocenters. The Kier molecular flexibility index (Phi) is 28.5. The van der Waals surface area contributed by atoms with E-state index in [2.05, 4.69) is 16.7 Å². The quantitative estimate of drug-likeness (QED) is 0.0631. The number of nitrogens with zero attached hydrogens (tertiary/aromatic N) is 2. The Balaban J connectivity index is 4.17. The van der Waals surface area contributed by atoms with E-state index >= 15 is 0 Å². The first-order valence-electron chi connectivity index (χ1n) is 16.5. The maximum absolute atomic E-state index is 12.1. The Morgan fingerprint density at radius 2 is 0.927 bits per heavy atom. The summed E-state index contributed by atoms with van der Waals surface area (Å²) < 4.78 is 5.42. The van der Waals surface area contributed by atoms with Gasteiger partial charge in [0, 0.05) is 32.4 Å². The number of carboxylic acid groups (broad SMARTS) is 2. The molecule has 3 N–H and O–H groups in total. The number of aliphatic carboxylic acids is 2. The van der Waals surface area contributed by atoms with E-state index in [-0.39, 0.29) is 25.4 Å². The van der Waals surface area contributed by atoms with Crippen molar-refractivity contribution in [3.05, 3.63) is 0 Å². The molecular weight excluding hydrogens is 524 g/mol. The molecule has 0 aromatic heterocycles. The Labute approximate surface area is 250 Å². The van der Waals surface area contributed by atoms with Gasteiger partial charge in [0.2, 0.25) is 0 Å². The molecule has 0 aliphatic rings. The molecule has 0 aromatic carbocycles. The summed E-state index contributed by atoms with van der Waals surface area (Å²) in [6.45, 7) is 8.02. The molecule has 0 aromatic rings. The second-order valence-corrected chi connectivity index (χ2v) is 11.3. The van der Waals surface area contributed by atoms with Crippen molar-refractivity contribution in [2.75, 3.05) is 52.5 Å². The number of aliphatic hydroxyl groups excluding tert-OH is 1. The number of hydrogen-bond donors (Lipinski definition) is 3. The lowest BCUT2D eigenvalue weighted by Gasteiger charge is -2.26. The molecule has 0 bridgehead atoms. The van der Waals surface area contributed by atoms with E-state index in [1.165, 1.54) is 44.9 Å². The predicted molar refractivity (Wildman–Crippen MR) is 164 cm³/mol. The second-order valence-electron chi connectivity index (χ2n) is 11.3. The van der Waals surface area contributed by atoms with Crippen LogP contribution < -0.4 is 0 Å². The number of carboxylic acids is 2. The van der Waals surface area contributed by atoms with Gasteiger partial charge in [0.1, 0.15) is 0 Å². The van der Waals surface area contributed by atoms with E-state index in [0.717, 1.165) is 90.6 Å². The zero-order chi connectivity index (χ0) is 30.4. The number of aliphatic hydroxyl groups is 1. The molecule has 0 heterocycles. The summed E-state index contributed by atoms with van der Waals surface area (Å²) in [7, 11) is 0. The van der Waals surface area contributed by atoms with Gasteiger partial charge in [0.05, 0.1) is 6.61 Å². The van der Waals surface area contributed by atoms with Crippen LogP contribution in [-0.2, 0) is 19.1 Å². The molecular formula is C32H62N2O7. The monoisotopic (exact) mass is 586 g/mol. The van der Waals surface area contributed by atoms with E-state index in [4.69, 9.17) is 14.9 Å². The maximum Gasteiger partial charge on any atom is 0.305 e. The Bertz CT molecular complexity index is 611. The normalized spacial score (nSPS) is 11.4. The third kappa shape index (κ3) is 29.6. The number of ether oxygens (including phenoxy) is 1. The summed E-state index contributed by atoms with van der Waals surface area (Å²) in [5.41, 5.74) is 0. The van der Waals surface area contributed by atoms with Crippen molar-refractivity contribution in [3.8, 4) is 0 Å². The number of esters is 1. The lowest BCUT2D eigenvalue weighted by molar-refractivity contribution is -0.144. The Morgan fingerprint density at radius 3 is 1.39 bits per heavy atom. The van der Waals surface area contributed by atoms with Gasteiger partial charge in [-0.2, -0.15) is 0 Å². The van der Waals surface area contributed by atoms with Crippen molar-refractivity contribution >= 4 is 17.9 Å². The van der Waals surface area contributed by atoms with E-state index in [9.17, 15) is 19.5 Å². The third-order valence-corrected chi connectivity index (χ3v) is 7.43.